The predicted octanol–water partition coefficient (Wildman–Crippen LogP) is 5.08. The molecule has 2 aliphatic rings. The zero-order valence-corrected chi connectivity index (χ0v) is 16.3. The third-order valence-electron chi connectivity index (χ3n) is 6.23. The molecule has 0 aromatic heterocycles. The number of fused-ring (bicyclic) bond motifs is 1. The summed E-state index contributed by atoms with van der Waals surface area (Å²) in [5.74, 6) is -1.20. The summed E-state index contributed by atoms with van der Waals surface area (Å²) in [6, 6.07) is 13.5. The van der Waals surface area contributed by atoms with E-state index in [1.807, 2.05) is 30.3 Å². The molecule has 1 saturated carbocycles. The van der Waals surface area contributed by atoms with Crippen molar-refractivity contribution >= 4 is 17.8 Å². The van der Waals surface area contributed by atoms with Gasteiger partial charge in [-0.25, -0.2) is 4.79 Å². The average molecular weight is 391 g/mol. The molecule has 0 saturated heterocycles. The number of hydrogen-bond donors (Lipinski definition) is 1. The second-order valence-corrected chi connectivity index (χ2v) is 8.05. The van der Waals surface area contributed by atoms with Crippen LogP contribution in [0, 0.1) is 5.92 Å². The fourth-order valence-electron chi connectivity index (χ4n) is 4.66. The number of carbonyl (C=O) groups excluding carboxylic acids is 2. The molecular formula is C24H25NO4. The first-order valence-corrected chi connectivity index (χ1v) is 10.4. The molecule has 1 aliphatic carbocycles. The average Bonchev–Trinajstić information content (AvgIpc) is 3.00. The van der Waals surface area contributed by atoms with E-state index in [2.05, 4.69) is 0 Å². The summed E-state index contributed by atoms with van der Waals surface area (Å²) in [6.07, 6.45) is 7.94. The quantitative estimate of drug-likeness (QED) is 0.697. The lowest BCUT2D eigenvalue weighted by Crippen LogP contribution is -2.34. The van der Waals surface area contributed by atoms with Gasteiger partial charge in [0.05, 0.1) is 22.7 Å². The Morgan fingerprint density at radius 2 is 1.66 bits per heavy atom. The molecule has 5 nitrogen and oxygen atoms in total. The molecule has 2 amide bonds. The topological polar surface area (TPSA) is 74.7 Å². The van der Waals surface area contributed by atoms with Gasteiger partial charge in [0.25, 0.3) is 11.8 Å². The first-order chi connectivity index (χ1) is 14.1. The summed E-state index contributed by atoms with van der Waals surface area (Å²) in [5.41, 5.74) is 1.44. The molecule has 1 atom stereocenters. The lowest BCUT2D eigenvalue weighted by molar-refractivity contribution is 0.0565. The largest absolute Gasteiger partial charge is 0.478 e. The fourth-order valence-corrected chi connectivity index (χ4v) is 4.66. The zero-order valence-electron chi connectivity index (χ0n) is 16.3. The Bertz CT molecular complexity index is 931. The van der Waals surface area contributed by atoms with Crippen LogP contribution in [0.5, 0.6) is 0 Å². The molecule has 4 rings (SSSR count). The number of carbonyl (C=O) groups is 3. The van der Waals surface area contributed by atoms with Gasteiger partial charge in [0.15, 0.2) is 0 Å². The van der Waals surface area contributed by atoms with Crippen molar-refractivity contribution in [1.82, 2.24) is 4.90 Å². The lowest BCUT2D eigenvalue weighted by atomic mass is 9.84. The second-order valence-electron chi connectivity index (χ2n) is 8.05. The molecule has 1 heterocycles. The normalized spacial score (nSPS) is 18.0. The van der Waals surface area contributed by atoms with Gasteiger partial charge >= 0.3 is 5.97 Å². The van der Waals surface area contributed by atoms with E-state index in [9.17, 15) is 19.5 Å². The maximum Gasteiger partial charge on any atom is 0.335 e. The second kappa shape index (κ2) is 8.19. The van der Waals surface area contributed by atoms with Crippen LogP contribution in [0.1, 0.15) is 87.6 Å². The fraction of sp³-hybridized carbons (Fsp3) is 0.375. The number of amides is 2. The van der Waals surface area contributed by atoms with Crippen LogP contribution < -0.4 is 0 Å². The number of benzene rings is 2. The Balaban J connectivity index is 1.64. The van der Waals surface area contributed by atoms with Crippen molar-refractivity contribution in [2.24, 2.45) is 5.92 Å². The van der Waals surface area contributed by atoms with Crippen LogP contribution in [0.15, 0.2) is 48.5 Å². The Morgan fingerprint density at radius 1 is 0.966 bits per heavy atom. The van der Waals surface area contributed by atoms with Crippen molar-refractivity contribution in [3.8, 4) is 0 Å². The molecule has 1 aliphatic heterocycles. The van der Waals surface area contributed by atoms with Crippen LogP contribution in [0.3, 0.4) is 0 Å². The number of hydrogen-bond acceptors (Lipinski definition) is 3. The summed E-state index contributed by atoms with van der Waals surface area (Å²) < 4.78 is 0. The molecule has 0 spiro atoms. The van der Waals surface area contributed by atoms with Crippen molar-refractivity contribution in [2.45, 2.75) is 51.0 Å². The van der Waals surface area contributed by atoms with Gasteiger partial charge in [-0.1, -0.05) is 62.4 Å². The Morgan fingerprint density at radius 3 is 2.34 bits per heavy atom. The molecule has 29 heavy (non-hydrogen) atoms. The van der Waals surface area contributed by atoms with E-state index in [0.29, 0.717) is 11.5 Å². The Hall–Kier alpha value is -2.95. The minimum absolute atomic E-state index is 0.0187. The number of rotatable bonds is 6. The van der Waals surface area contributed by atoms with Gasteiger partial charge in [0.2, 0.25) is 0 Å². The van der Waals surface area contributed by atoms with Crippen molar-refractivity contribution in [2.75, 3.05) is 0 Å². The Kier molecular flexibility index (Phi) is 5.47. The number of nitrogens with zero attached hydrogens (tertiary/aromatic N) is 1. The van der Waals surface area contributed by atoms with Crippen molar-refractivity contribution in [1.29, 1.82) is 0 Å². The van der Waals surface area contributed by atoms with E-state index in [0.717, 1.165) is 18.4 Å². The molecular weight excluding hydrogens is 366 g/mol. The first kappa shape index (κ1) is 19.4. The molecule has 150 valence electrons. The van der Waals surface area contributed by atoms with Crippen LogP contribution in [-0.4, -0.2) is 27.8 Å². The lowest BCUT2D eigenvalue weighted by Gasteiger charge is -2.29. The molecule has 1 fully saturated rings. The van der Waals surface area contributed by atoms with Crippen LogP contribution in [0.4, 0.5) is 0 Å². The molecule has 2 aromatic carbocycles. The molecule has 0 bridgehead atoms. The summed E-state index contributed by atoms with van der Waals surface area (Å²) in [4.78, 5) is 38.9. The number of carboxylic acid groups (broad SMARTS) is 1. The SMILES string of the molecule is O=C(O)c1ccc2c(c1)C(=O)N([C@@H](CCC1CCCCC1)c1ccccc1)C2=O. The van der Waals surface area contributed by atoms with E-state index >= 15 is 0 Å². The smallest absolute Gasteiger partial charge is 0.335 e. The summed E-state index contributed by atoms with van der Waals surface area (Å²) in [6.45, 7) is 0. The van der Waals surface area contributed by atoms with Crippen molar-refractivity contribution in [3.05, 3.63) is 70.8 Å². The molecule has 0 radical (unpaired) electrons. The van der Waals surface area contributed by atoms with E-state index in [1.54, 1.807) is 0 Å². The van der Waals surface area contributed by atoms with E-state index in [1.165, 1.54) is 55.2 Å². The van der Waals surface area contributed by atoms with Crippen LogP contribution in [0.2, 0.25) is 0 Å². The molecule has 2 aromatic rings. The van der Waals surface area contributed by atoms with Gasteiger partial charge in [0, 0.05) is 0 Å². The highest BCUT2D eigenvalue weighted by Gasteiger charge is 2.41. The van der Waals surface area contributed by atoms with E-state index in [-0.39, 0.29) is 23.1 Å². The van der Waals surface area contributed by atoms with Gasteiger partial charge in [-0.2, -0.15) is 0 Å². The van der Waals surface area contributed by atoms with Crippen LogP contribution in [0.25, 0.3) is 0 Å². The van der Waals surface area contributed by atoms with Crippen molar-refractivity contribution < 1.29 is 19.5 Å². The van der Waals surface area contributed by atoms with Gasteiger partial charge in [-0.3, -0.25) is 14.5 Å². The van der Waals surface area contributed by atoms with E-state index < -0.39 is 11.9 Å². The van der Waals surface area contributed by atoms with Gasteiger partial charge in [0.1, 0.15) is 0 Å². The highest BCUT2D eigenvalue weighted by atomic mass is 16.4. The predicted molar refractivity (Wildman–Crippen MR) is 109 cm³/mol. The van der Waals surface area contributed by atoms with Gasteiger partial charge in [-0.05, 0) is 42.5 Å². The Labute approximate surface area is 170 Å². The highest BCUT2D eigenvalue weighted by molar-refractivity contribution is 6.22. The molecule has 0 unspecified atom stereocenters. The van der Waals surface area contributed by atoms with Crippen LogP contribution >= 0.6 is 0 Å². The monoisotopic (exact) mass is 391 g/mol. The highest BCUT2D eigenvalue weighted by Crippen LogP contribution is 2.37. The van der Waals surface area contributed by atoms with Crippen LogP contribution in [-0.2, 0) is 0 Å². The summed E-state index contributed by atoms with van der Waals surface area (Å²) in [7, 11) is 0. The third-order valence-corrected chi connectivity index (χ3v) is 6.23. The molecule has 1 N–H and O–H groups in total. The number of imide groups is 1. The van der Waals surface area contributed by atoms with Gasteiger partial charge < -0.3 is 5.11 Å². The van der Waals surface area contributed by atoms with Crippen molar-refractivity contribution in [3.63, 3.8) is 0 Å². The molecule has 5 heteroatoms. The van der Waals surface area contributed by atoms with E-state index in [4.69, 9.17) is 0 Å². The number of carboxylic acids is 1. The first-order valence-electron chi connectivity index (χ1n) is 10.4. The maximum absolute atomic E-state index is 13.2. The maximum atomic E-state index is 13.2. The minimum atomic E-state index is -1.11. The standard InChI is InChI=1S/C24H25NO4/c26-22-19-13-12-18(24(28)29)15-20(19)23(27)25(22)21(17-9-5-2-6-10-17)14-11-16-7-3-1-4-8-16/h2,5-6,9-10,12-13,15-16,21H,1,3-4,7-8,11,14H2,(H,28,29)/t21-/m0/s1. The third kappa shape index (κ3) is 3.82. The van der Waals surface area contributed by atoms with Gasteiger partial charge in [-0.15, -0.1) is 0 Å². The number of aromatic carboxylic acids is 1. The zero-order chi connectivity index (χ0) is 20.4. The summed E-state index contributed by atoms with van der Waals surface area (Å²) in [5, 5.41) is 9.24. The minimum Gasteiger partial charge on any atom is -0.478 e. The summed E-state index contributed by atoms with van der Waals surface area (Å²) >= 11 is 0.